The maximum atomic E-state index is 4.13. The summed E-state index contributed by atoms with van der Waals surface area (Å²) in [5.74, 6) is 0. The van der Waals surface area contributed by atoms with Gasteiger partial charge in [0.2, 0.25) is 0 Å². The van der Waals surface area contributed by atoms with Crippen LogP contribution in [-0.2, 0) is 6.54 Å². The summed E-state index contributed by atoms with van der Waals surface area (Å²) in [6.07, 6.45) is 2.12. The third-order valence-electron chi connectivity index (χ3n) is 4.55. The standard InChI is InChI=1S/C20H26N.ClH/c1-4-20(19-15-11-8-12-16-19)21(5-2,6-3)17-18-13-9-7-10-14-18;/h4,7-16,20H,1,5-6,17H2,2-3H3;1H/q+1;/p-1. The molecule has 1 atom stereocenters. The summed E-state index contributed by atoms with van der Waals surface area (Å²) >= 11 is 0. The van der Waals surface area contributed by atoms with Gasteiger partial charge in [0, 0.05) is 11.1 Å². The minimum Gasteiger partial charge on any atom is -1.00 e. The minimum absolute atomic E-state index is 0. The first-order valence-electron chi connectivity index (χ1n) is 7.83. The first-order valence-corrected chi connectivity index (χ1v) is 7.83. The average Bonchev–Trinajstić information content (AvgIpc) is 2.56. The molecule has 0 aliphatic heterocycles. The number of hydrogen-bond acceptors (Lipinski definition) is 0. The molecule has 0 bridgehead atoms. The number of nitrogens with zero attached hydrogens (tertiary/aromatic N) is 1. The van der Waals surface area contributed by atoms with E-state index in [1.807, 2.05) is 0 Å². The normalized spacial score (nSPS) is 12.3. The fraction of sp³-hybridized carbons (Fsp3) is 0.300. The van der Waals surface area contributed by atoms with E-state index in [4.69, 9.17) is 0 Å². The number of benzene rings is 2. The van der Waals surface area contributed by atoms with Crippen molar-refractivity contribution >= 4 is 0 Å². The smallest absolute Gasteiger partial charge is 0.133 e. The molecule has 1 nitrogen and oxygen atoms in total. The van der Waals surface area contributed by atoms with E-state index >= 15 is 0 Å². The molecule has 2 aromatic carbocycles. The fourth-order valence-electron chi connectivity index (χ4n) is 3.21. The lowest BCUT2D eigenvalue weighted by molar-refractivity contribution is -0.960. The fourth-order valence-corrected chi connectivity index (χ4v) is 3.21. The second-order valence-corrected chi connectivity index (χ2v) is 5.59. The second kappa shape index (κ2) is 8.77. The molecule has 0 radical (unpaired) electrons. The molecule has 0 heterocycles. The molecule has 0 aliphatic rings. The number of likely N-dealkylation sites (N-methyl/N-ethyl adjacent to an activating group) is 1. The Morgan fingerprint density at radius 3 is 1.86 bits per heavy atom. The lowest BCUT2D eigenvalue weighted by Crippen LogP contribution is -3.00. The molecule has 118 valence electrons. The van der Waals surface area contributed by atoms with Crippen LogP contribution in [0.5, 0.6) is 0 Å². The molecule has 0 amide bonds. The third-order valence-corrected chi connectivity index (χ3v) is 4.55. The molecule has 0 saturated heterocycles. The van der Waals surface area contributed by atoms with Gasteiger partial charge in [-0.25, -0.2) is 0 Å². The van der Waals surface area contributed by atoms with Crippen molar-refractivity contribution in [2.45, 2.75) is 26.4 Å². The Bertz CT molecular complexity index is 546. The van der Waals surface area contributed by atoms with Crippen LogP contribution in [0.1, 0.15) is 31.0 Å². The zero-order valence-corrected chi connectivity index (χ0v) is 14.3. The summed E-state index contributed by atoms with van der Waals surface area (Å²) in [5.41, 5.74) is 2.75. The highest BCUT2D eigenvalue weighted by Crippen LogP contribution is 2.32. The Morgan fingerprint density at radius 2 is 1.41 bits per heavy atom. The highest BCUT2D eigenvalue weighted by molar-refractivity contribution is 5.21. The molecule has 1 unspecified atom stereocenters. The van der Waals surface area contributed by atoms with Gasteiger partial charge >= 0.3 is 0 Å². The molecule has 2 rings (SSSR count). The van der Waals surface area contributed by atoms with Crippen LogP contribution in [-0.4, -0.2) is 17.6 Å². The van der Waals surface area contributed by atoms with Crippen molar-refractivity contribution in [3.63, 3.8) is 0 Å². The van der Waals surface area contributed by atoms with Crippen molar-refractivity contribution in [3.8, 4) is 0 Å². The first-order chi connectivity index (χ1) is 10.3. The number of quaternary nitrogens is 1. The monoisotopic (exact) mass is 315 g/mol. The van der Waals surface area contributed by atoms with Crippen LogP contribution in [0.25, 0.3) is 0 Å². The minimum atomic E-state index is 0. The summed E-state index contributed by atoms with van der Waals surface area (Å²) in [5, 5.41) is 0. The van der Waals surface area contributed by atoms with Gasteiger partial charge in [-0.05, 0) is 19.9 Å². The van der Waals surface area contributed by atoms with Crippen molar-refractivity contribution < 1.29 is 16.9 Å². The van der Waals surface area contributed by atoms with Crippen LogP contribution < -0.4 is 12.4 Å². The molecule has 2 aromatic rings. The van der Waals surface area contributed by atoms with Gasteiger partial charge in [-0.15, -0.1) is 0 Å². The van der Waals surface area contributed by atoms with E-state index in [0.717, 1.165) is 24.1 Å². The predicted molar refractivity (Wildman–Crippen MR) is 90.9 cm³/mol. The summed E-state index contributed by atoms with van der Waals surface area (Å²) in [4.78, 5) is 0. The Hall–Kier alpha value is -1.57. The van der Waals surface area contributed by atoms with Gasteiger partial charge in [0.25, 0.3) is 0 Å². The molecule has 0 saturated carbocycles. The van der Waals surface area contributed by atoms with Gasteiger partial charge < -0.3 is 16.9 Å². The zero-order valence-electron chi connectivity index (χ0n) is 13.6. The topological polar surface area (TPSA) is 0 Å². The maximum Gasteiger partial charge on any atom is 0.133 e. The van der Waals surface area contributed by atoms with E-state index in [-0.39, 0.29) is 12.4 Å². The van der Waals surface area contributed by atoms with Gasteiger partial charge in [-0.1, -0.05) is 67.2 Å². The van der Waals surface area contributed by atoms with Gasteiger partial charge in [0.1, 0.15) is 12.6 Å². The molecular weight excluding hydrogens is 290 g/mol. The summed E-state index contributed by atoms with van der Waals surface area (Å²) in [6, 6.07) is 21.9. The van der Waals surface area contributed by atoms with Crippen molar-refractivity contribution in [3.05, 3.63) is 84.4 Å². The summed E-state index contributed by atoms with van der Waals surface area (Å²) in [7, 11) is 0. The van der Waals surface area contributed by atoms with Crippen molar-refractivity contribution in [1.82, 2.24) is 0 Å². The van der Waals surface area contributed by atoms with Gasteiger partial charge in [-0.3, -0.25) is 0 Å². The van der Waals surface area contributed by atoms with Crippen LogP contribution in [0.4, 0.5) is 0 Å². The second-order valence-electron chi connectivity index (χ2n) is 5.59. The van der Waals surface area contributed by atoms with Crippen molar-refractivity contribution in [2.24, 2.45) is 0 Å². The Kier molecular flexibility index (Phi) is 7.37. The van der Waals surface area contributed by atoms with E-state index in [9.17, 15) is 0 Å². The SMILES string of the molecule is C=CC(c1ccccc1)[N+](CC)(CC)Cc1ccccc1.[Cl-]. The molecule has 22 heavy (non-hydrogen) atoms. The number of rotatable bonds is 7. The van der Waals surface area contributed by atoms with Crippen LogP contribution in [0.2, 0.25) is 0 Å². The summed E-state index contributed by atoms with van der Waals surface area (Å²) in [6.45, 7) is 11.9. The zero-order chi connectivity index (χ0) is 15.1. The maximum absolute atomic E-state index is 4.13. The lowest BCUT2D eigenvalue weighted by Gasteiger charge is -2.43. The molecule has 2 heteroatoms. The number of halogens is 1. The van der Waals surface area contributed by atoms with Crippen LogP contribution in [0, 0.1) is 0 Å². The van der Waals surface area contributed by atoms with E-state index in [0.29, 0.717) is 6.04 Å². The Balaban J connectivity index is 0.00000242. The highest BCUT2D eigenvalue weighted by atomic mass is 35.5. The molecule has 0 N–H and O–H groups in total. The van der Waals surface area contributed by atoms with E-state index in [2.05, 4.69) is 87.2 Å². The largest absolute Gasteiger partial charge is 1.00 e. The molecule has 0 aliphatic carbocycles. The van der Waals surface area contributed by atoms with Crippen LogP contribution in [0.15, 0.2) is 73.3 Å². The molecule has 0 aromatic heterocycles. The van der Waals surface area contributed by atoms with Crippen LogP contribution in [0.3, 0.4) is 0 Å². The average molecular weight is 316 g/mol. The van der Waals surface area contributed by atoms with Crippen LogP contribution >= 0.6 is 0 Å². The van der Waals surface area contributed by atoms with Gasteiger partial charge in [-0.2, -0.15) is 0 Å². The summed E-state index contributed by atoms with van der Waals surface area (Å²) < 4.78 is 1.01. The van der Waals surface area contributed by atoms with Crippen molar-refractivity contribution in [2.75, 3.05) is 13.1 Å². The van der Waals surface area contributed by atoms with Crippen molar-refractivity contribution in [1.29, 1.82) is 0 Å². The third kappa shape index (κ3) is 4.00. The van der Waals surface area contributed by atoms with E-state index in [1.54, 1.807) is 0 Å². The first kappa shape index (κ1) is 18.5. The predicted octanol–water partition coefficient (Wildman–Crippen LogP) is 1.97. The Morgan fingerprint density at radius 1 is 0.909 bits per heavy atom. The van der Waals surface area contributed by atoms with E-state index < -0.39 is 0 Å². The van der Waals surface area contributed by atoms with Gasteiger partial charge in [0.15, 0.2) is 0 Å². The van der Waals surface area contributed by atoms with Gasteiger partial charge in [0.05, 0.1) is 13.1 Å². The quantitative estimate of drug-likeness (QED) is 0.541. The number of hydrogen-bond donors (Lipinski definition) is 0. The molecular formula is C20H26ClN. The highest BCUT2D eigenvalue weighted by Gasteiger charge is 2.33. The Labute approximate surface area is 141 Å². The van der Waals surface area contributed by atoms with E-state index in [1.165, 1.54) is 11.1 Å². The molecule has 0 fully saturated rings. The lowest BCUT2D eigenvalue weighted by atomic mass is 10.0. The molecule has 0 spiro atoms.